The van der Waals surface area contributed by atoms with Gasteiger partial charge in [0.1, 0.15) is 5.75 Å². The number of nitrogen functional groups attached to an aromatic ring is 1. The molecule has 0 heterocycles. The van der Waals surface area contributed by atoms with E-state index in [4.69, 9.17) is 10.5 Å². The second kappa shape index (κ2) is 14.1. The number of nitrogens with two attached hydrogens (primary N) is 1. The molecule has 0 aliphatic heterocycles. The van der Waals surface area contributed by atoms with Gasteiger partial charge in [0, 0.05) is 23.7 Å². The van der Waals surface area contributed by atoms with Gasteiger partial charge in [0.15, 0.2) is 6.17 Å². The highest BCUT2D eigenvalue weighted by atomic mass is 16.5. The van der Waals surface area contributed by atoms with Crippen molar-refractivity contribution in [3.8, 4) is 5.75 Å². The standard InChI is InChI=1S/C28H48N4O3/c1-9-13-15-25(31-26(33)21(5)6)32(11-3,12-4)20-28(7,8)27(34)30-23-17-16-22(29)19-24(23)35-18-14-10-2/h16-17,19,25H,5,9-15,18,20,29H2,1-4,6-8H3,(H-,30,31,33,34)/p+1. The predicted molar refractivity (Wildman–Crippen MR) is 146 cm³/mol. The van der Waals surface area contributed by atoms with E-state index in [1.54, 1.807) is 25.1 Å². The van der Waals surface area contributed by atoms with Crippen molar-refractivity contribution in [3.05, 3.63) is 30.4 Å². The van der Waals surface area contributed by atoms with Crippen LogP contribution in [0.25, 0.3) is 0 Å². The molecule has 1 aromatic carbocycles. The van der Waals surface area contributed by atoms with Crippen LogP contribution in [0.2, 0.25) is 0 Å². The van der Waals surface area contributed by atoms with E-state index in [2.05, 4.69) is 44.9 Å². The summed E-state index contributed by atoms with van der Waals surface area (Å²) in [6.07, 6.45) is 4.74. The summed E-state index contributed by atoms with van der Waals surface area (Å²) in [6, 6.07) is 5.32. The summed E-state index contributed by atoms with van der Waals surface area (Å²) in [7, 11) is 0. The Balaban J connectivity index is 3.19. The summed E-state index contributed by atoms with van der Waals surface area (Å²) in [4.78, 5) is 26.2. The number of hydrogen-bond acceptors (Lipinski definition) is 4. The van der Waals surface area contributed by atoms with Gasteiger partial charge in [0.2, 0.25) is 5.91 Å². The van der Waals surface area contributed by atoms with Gasteiger partial charge in [-0.2, -0.15) is 0 Å². The molecule has 0 spiro atoms. The molecular weight excluding hydrogens is 440 g/mol. The normalized spacial score (nSPS) is 12.7. The van der Waals surface area contributed by atoms with Crippen LogP contribution in [-0.4, -0.2) is 48.7 Å². The molecular formula is C28H49N4O3+. The first-order chi connectivity index (χ1) is 16.5. The van der Waals surface area contributed by atoms with E-state index in [1.165, 1.54) is 0 Å². The van der Waals surface area contributed by atoms with Gasteiger partial charge in [-0.1, -0.05) is 33.3 Å². The third-order valence-corrected chi connectivity index (χ3v) is 6.77. The number of nitrogens with one attached hydrogen (secondary N) is 2. The fourth-order valence-electron chi connectivity index (χ4n) is 4.39. The Morgan fingerprint density at radius 2 is 1.74 bits per heavy atom. The molecule has 198 valence electrons. The number of ether oxygens (including phenoxy) is 1. The summed E-state index contributed by atoms with van der Waals surface area (Å²) < 4.78 is 6.52. The zero-order chi connectivity index (χ0) is 26.6. The molecule has 1 aromatic rings. The minimum Gasteiger partial charge on any atom is -0.491 e. The minimum absolute atomic E-state index is 0.0903. The second-order valence-corrected chi connectivity index (χ2v) is 10.2. The molecule has 0 fully saturated rings. The first kappa shape index (κ1) is 30.5. The van der Waals surface area contributed by atoms with Crippen LogP contribution in [0.15, 0.2) is 30.4 Å². The van der Waals surface area contributed by atoms with Crippen LogP contribution in [0, 0.1) is 5.41 Å². The topological polar surface area (TPSA) is 93.5 Å². The van der Waals surface area contributed by atoms with Gasteiger partial charge < -0.3 is 25.6 Å². The maximum Gasteiger partial charge on any atom is 0.250 e. The Hall–Kier alpha value is -2.54. The molecule has 7 nitrogen and oxygen atoms in total. The van der Waals surface area contributed by atoms with Crippen molar-refractivity contribution in [3.63, 3.8) is 0 Å². The van der Waals surface area contributed by atoms with Gasteiger partial charge in [-0.15, -0.1) is 0 Å². The van der Waals surface area contributed by atoms with Crippen LogP contribution in [0.1, 0.15) is 80.6 Å². The van der Waals surface area contributed by atoms with Gasteiger partial charge in [-0.3, -0.25) is 9.59 Å². The van der Waals surface area contributed by atoms with Crippen LogP contribution < -0.4 is 21.1 Å². The summed E-state index contributed by atoms with van der Waals surface area (Å²) >= 11 is 0. The maximum absolute atomic E-state index is 13.6. The summed E-state index contributed by atoms with van der Waals surface area (Å²) in [5.74, 6) is 0.366. The number of rotatable bonds is 16. The molecule has 0 aromatic heterocycles. The van der Waals surface area contributed by atoms with E-state index in [0.29, 0.717) is 40.3 Å². The van der Waals surface area contributed by atoms with E-state index in [9.17, 15) is 9.59 Å². The zero-order valence-corrected chi connectivity index (χ0v) is 23.1. The third kappa shape index (κ3) is 8.88. The Morgan fingerprint density at radius 1 is 1.11 bits per heavy atom. The predicted octanol–water partition coefficient (Wildman–Crippen LogP) is 5.48. The lowest BCUT2D eigenvalue weighted by atomic mass is 9.89. The van der Waals surface area contributed by atoms with Crippen LogP contribution in [0.5, 0.6) is 5.75 Å². The highest BCUT2D eigenvalue weighted by Crippen LogP contribution is 2.32. The number of benzene rings is 1. The van der Waals surface area contributed by atoms with E-state index >= 15 is 0 Å². The van der Waals surface area contributed by atoms with Crippen molar-refractivity contribution in [1.29, 1.82) is 0 Å². The van der Waals surface area contributed by atoms with Crippen LogP contribution in [0.3, 0.4) is 0 Å². The maximum atomic E-state index is 13.6. The highest BCUT2D eigenvalue weighted by molar-refractivity contribution is 5.96. The fraction of sp³-hybridized carbons (Fsp3) is 0.643. The van der Waals surface area contributed by atoms with Crippen molar-refractivity contribution in [2.75, 3.05) is 37.3 Å². The molecule has 0 bridgehead atoms. The third-order valence-electron chi connectivity index (χ3n) is 6.77. The lowest BCUT2D eigenvalue weighted by Gasteiger charge is -2.47. The van der Waals surface area contributed by atoms with Gasteiger partial charge >= 0.3 is 0 Å². The lowest BCUT2D eigenvalue weighted by molar-refractivity contribution is -0.954. The van der Waals surface area contributed by atoms with Crippen molar-refractivity contribution in [2.24, 2.45) is 5.41 Å². The molecule has 0 radical (unpaired) electrons. The average Bonchev–Trinajstić information content (AvgIpc) is 2.81. The van der Waals surface area contributed by atoms with Crippen LogP contribution in [0.4, 0.5) is 11.4 Å². The Labute approximate surface area is 213 Å². The minimum atomic E-state index is -0.702. The molecule has 4 N–H and O–H groups in total. The molecule has 1 rings (SSSR count). The van der Waals surface area contributed by atoms with Crippen molar-refractivity contribution in [1.82, 2.24) is 5.32 Å². The van der Waals surface area contributed by atoms with E-state index < -0.39 is 5.41 Å². The number of carbonyl (C=O) groups excluding carboxylic acids is 2. The molecule has 2 amide bonds. The van der Waals surface area contributed by atoms with Gasteiger partial charge in [-0.05, 0) is 59.6 Å². The van der Waals surface area contributed by atoms with E-state index in [-0.39, 0.29) is 18.0 Å². The Kier molecular flexibility index (Phi) is 12.3. The van der Waals surface area contributed by atoms with Crippen LogP contribution in [-0.2, 0) is 9.59 Å². The van der Waals surface area contributed by atoms with Gasteiger partial charge in [0.05, 0.1) is 37.3 Å². The number of unbranched alkanes of at least 4 members (excludes halogenated alkanes) is 2. The van der Waals surface area contributed by atoms with E-state index in [0.717, 1.165) is 45.2 Å². The van der Waals surface area contributed by atoms with Crippen LogP contribution >= 0.6 is 0 Å². The molecule has 35 heavy (non-hydrogen) atoms. The molecule has 1 unspecified atom stereocenters. The van der Waals surface area contributed by atoms with E-state index in [1.807, 2.05) is 13.8 Å². The molecule has 1 atom stereocenters. The van der Waals surface area contributed by atoms with Crippen molar-refractivity contribution < 1.29 is 18.8 Å². The average molecular weight is 490 g/mol. The number of carbonyl (C=O) groups is 2. The van der Waals surface area contributed by atoms with Gasteiger partial charge in [-0.25, -0.2) is 0 Å². The Morgan fingerprint density at radius 3 is 2.29 bits per heavy atom. The number of anilines is 2. The smallest absolute Gasteiger partial charge is 0.250 e. The summed E-state index contributed by atoms with van der Waals surface area (Å²) in [5.41, 5.74) is 6.97. The SMILES string of the molecule is C=C(C)C(=O)NC(CCCC)[N+](CC)(CC)CC(C)(C)C(=O)Nc1ccc(N)cc1OCCCC. The largest absolute Gasteiger partial charge is 0.491 e. The molecule has 7 heteroatoms. The fourth-order valence-corrected chi connectivity index (χ4v) is 4.39. The first-order valence-corrected chi connectivity index (χ1v) is 13.1. The molecule has 0 saturated heterocycles. The van der Waals surface area contributed by atoms with Gasteiger partial charge in [0.25, 0.3) is 5.91 Å². The lowest BCUT2D eigenvalue weighted by Crippen LogP contribution is -2.65. The number of nitrogens with zero attached hydrogens (tertiary/aromatic N) is 1. The molecule has 0 aliphatic carbocycles. The zero-order valence-electron chi connectivity index (χ0n) is 23.1. The monoisotopic (exact) mass is 489 g/mol. The summed E-state index contributed by atoms with van der Waals surface area (Å²) in [6.45, 7) is 20.7. The molecule has 0 aliphatic rings. The quantitative estimate of drug-likeness (QED) is 0.0942. The summed E-state index contributed by atoms with van der Waals surface area (Å²) in [5, 5.41) is 6.30. The first-order valence-electron chi connectivity index (χ1n) is 13.1. The highest BCUT2D eigenvalue weighted by Gasteiger charge is 2.43. The van der Waals surface area contributed by atoms with Crippen molar-refractivity contribution >= 4 is 23.2 Å². The number of amides is 2. The number of quaternary nitrogens is 1. The second-order valence-electron chi connectivity index (χ2n) is 10.2. The molecule has 0 saturated carbocycles. The Bertz CT molecular complexity index is 847. The van der Waals surface area contributed by atoms with Crippen molar-refractivity contribution in [2.45, 2.75) is 86.7 Å². The number of hydrogen-bond donors (Lipinski definition) is 3.